The number of methoxy groups -OCH3 is 1. The molecule has 4 N–H and O–H groups in total. The van der Waals surface area contributed by atoms with Gasteiger partial charge in [-0.1, -0.05) is 11.6 Å². The van der Waals surface area contributed by atoms with Crippen molar-refractivity contribution in [3.05, 3.63) is 44.8 Å². The van der Waals surface area contributed by atoms with Crippen LogP contribution in [0, 0.1) is 6.92 Å². The standard InChI is InChI=1S/C18H22ClN5O4/c1-4-28-15(25)8-6-12-10(2)21-18(23-16(12)26)24-17(20)22-13-9-11(19)5-7-14(13)27-3/h5,7,9H,4,6,8H2,1-3H3,(H4,20,21,22,23,24,26). The second-order valence-corrected chi connectivity index (χ2v) is 6.16. The first-order valence-electron chi connectivity index (χ1n) is 8.54. The van der Waals surface area contributed by atoms with Crippen molar-refractivity contribution in [2.45, 2.75) is 26.7 Å². The summed E-state index contributed by atoms with van der Waals surface area (Å²) in [5.74, 6) is 0.178. The first-order valence-corrected chi connectivity index (χ1v) is 8.92. The number of nitrogens with zero attached hydrogens (tertiary/aromatic N) is 2. The molecule has 9 nitrogen and oxygen atoms in total. The van der Waals surface area contributed by atoms with Gasteiger partial charge in [-0.25, -0.2) is 4.98 Å². The number of halogens is 1. The summed E-state index contributed by atoms with van der Waals surface area (Å²) in [5.41, 5.74) is 6.88. The van der Waals surface area contributed by atoms with Crippen molar-refractivity contribution in [2.24, 2.45) is 10.7 Å². The van der Waals surface area contributed by atoms with Crippen molar-refractivity contribution in [1.29, 1.82) is 0 Å². The molecule has 0 spiro atoms. The molecule has 2 aromatic rings. The molecule has 0 atom stereocenters. The van der Waals surface area contributed by atoms with Crippen LogP contribution in [-0.4, -0.2) is 35.6 Å². The largest absolute Gasteiger partial charge is 0.495 e. The van der Waals surface area contributed by atoms with Gasteiger partial charge in [0.05, 0.1) is 25.1 Å². The molecular formula is C18H22ClN5O4. The van der Waals surface area contributed by atoms with Crippen LogP contribution in [0.3, 0.4) is 0 Å². The number of anilines is 1. The maximum atomic E-state index is 12.3. The molecular weight excluding hydrogens is 386 g/mol. The predicted octanol–water partition coefficient (Wildman–Crippen LogP) is 2.29. The summed E-state index contributed by atoms with van der Waals surface area (Å²) in [6.45, 7) is 3.68. The summed E-state index contributed by atoms with van der Waals surface area (Å²) in [7, 11) is 1.51. The minimum atomic E-state index is -0.385. The average Bonchev–Trinajstić information content (AvgIpc) is 2.61. The average molecular weight is 408 g/mol. The van der Waals surface area contributed by atoms with Crippen LogP contribution in [0.1, 0.15) is 24.6 Å². The molecule has 10 heteroatoms. The van der Waals surface area contributed by atoms with Crippen LogP contribution in [-0.2, 0) is 16.0 Å². The van der Waals surface area contributed by atoms with E-state index in [1.807, 2.05) is 0 Å². The van der Waals surface area contributed by atoms with Gasteiger partial charge < -0.3 is 20.5 Å². The van der Waals surface area contributed by atoms with Gasteiger partial charge in [0.15, 0.2) is 0 Å². The Morgan fingerprint density at radius 3 is 2.82 bits per heavy atom. The topological polar surface area (TPSA) is 132 Å². The van der Waals surface area contributed by atoms with Crippen molar-refractivity contribution >= 4 is 35.2 Å². The highest BCUT2D eigenvalue weighted by Gasteiger charge is 2.12. The fraction of sp³-hybridized carbons (Fsp3) is 0.333. The summed E-state index contributed by atoms with van der Waals surface area (Å²) in [4.78, 5) is 34.6. The van der Waals surface area contributed by atoms with Gasteiger partial charge in [0.1, 0.15) is 5.75 Å². The number of aryl methyl sites for hydroxylation is 1. The molecule has 150 valence electrons. The lowest BCUT2D eigenvalue weighted by Gasteiger charge is -2.11. The Labute approximate surface area is 166 Å². The zero-order valence-electron chi connectivity index (χ0n) is 15.8. The molecule has 0 fully saturated rings. The van der Waals surface area contributed by atoms with Gasteiger partial charge in [0, 0.05) is 17.0 Å². The van der Waals surface area contributed by atoms with Crippen molar-refractivity contribution in [3.63, 3.8) is 0 Å². The van der Waals surface area contributed by atoms with Gasteiger partial charge in [-0.3, -0.25) is 14.6 Å². The van der Waals surface area contributed by atoms with E-state index in [4.69, 9.17) is 26.8 Å². The number of hydrogen-bond donors (Lipinski definition) is 3. The van der Waals surface area contributed by atoms with E-state index in [2.05, 4.69) is 20.3 Å². The van der Waals surface area contributed by atoms with E-state index in [0.29, 0.717) is 34.3 Å². The van der Waals surface area contributed by atoms with Gasteiger partial charge in [-0.15, -0.1) is 0 Å². The maximum absolute atomic E-state index is 12.3. The van der Waals surface area contributed by atoms with Crippen LogP contribution >= 0.6 is 11.6 Å². The van der Waals surface area contributed by atoms with Crippen LogP contribution in [0.2, 0.25) is 5.02 Å². The third-order valence-corrected chi connectivity index (χ3v) is 3.98. The summed E-state index contributed by atoms with van der Waals surface area (Å²) in [6.07, 6.45) is 0.324. The Morgan fingerprint density at radius 2 is 2.18 bits per heavy atom. The van der Waals surface area contributed by atoms with E-state index >= 15 is 0 Å². The van der Waals surface area contributed by atoms with Gasteiger partial charge in [0.2, 0.25) is 11.9 Å². The molecule has 1 heterocycles. The number of carbonyl (C=O) groups excluding carboxylic acids is 1. The minimum Gasteiger partial charge on any atom is -0.495 e. The third-order valence-electron chi connectivity index (χ3n) is 3.74. The molecule has 0 saturated heterocycles. The van der Waals surface area contributed by atoms with Crippen molar-refractivity contribution in [2.75, 3.05) is 19.0 Å². The highest BCUT2D eigenvalue weighted by atomic mass is 35.5. The number of aliphatic imine (C=N–C) groups is 1. The highest BCUT2D eigenvalue weighted by molar-refractivity contribution is 6.31. The number of aromatic nitrogens is 2. The molecule has 0 amide bonds. The molecule has 0 aliphatic heterocycles. The van der Waals surface area contributed by atoms with Crippen LogP contribution in [0.25, 0.3) is 0 Å². The SMILES string of the molecule is CCOC(=O)CCc1c(C)nc(/N=C(/N)Nc2cc(Cl)ccc2OC)[nH]c1=O. The number of ether oxygens (including phenoxy) is 2. The van der Waals surface area contributed by atoms with Crippen LogP contribution in [0.5, 0.6) is 5.75 Å². The van der Waals surface area contributed by atoms with Crippen molar-refractivity contribution in [3.8, 4) is 5.75 Å². The summed E-state index contributed by atoms with van der Waals surface area (Å²) < 4.78 is 10.1. The van der Waals surface area contributed by atoms with E-state index in [-0.39, 0.29) is 36.3 Å². The summed E-state index contributed by atoms with van der Waals surface area (Å²) in [6, 6.07) is 4.99. The van der Waals surface area contributed by atoms with E-state index in [1.54, 1.807) is 32.0 Å². The monoisotopic (exact) mass is 407 g/mol. The van der Waals surface area contributed by atoms with E-state index in [1.165, 1.54) is 7.11 Å². The van der Waals surface area contributed by atoms with E-state index in [0.717, 1.165) is 0 Å². The van der Waals surface area contributed by atoms with Crippen molar-refractivity contribution < 1.29 is 14.3 Å². The summed E-state index contributed by atoms with van der Waals surface area (Å²) in [5, 5.41) is 3.34. The minimum absolute atomic E-state index is 0.0117. The maximum Gasteiger partial charge on any atom is 0.306 e. The number of rotatable bonds is 7. The highest BCUT2D eigenvalue weighted by Crippen LogP contribution is 2.27. The van der Waals surface area contributed by atoms with Crippen LogP contribution in [0.15, 0.2) is 28.0 Å². The smallest absolute Gasteiger partial charge is 0.306 e. The number of carbonyl (C=O) groups is 1. The zero-order chi connectivity index (χ0) is 20.7. The Morgan fingerprint density at radius 1 is 1.43 bits per heavy atom. The lowest BCUT2D eigenvalue weighted by atomic mass is 10.1. The first kappa shape index (κ1) is 21.2. The van der Waals surface area contributed by atoms with Gasteiger partial charge in [-0.05, 0) is 38.5 Å². The lowest BCUT2D eigenvalue weighted by Crippen LogP contribution is -2.23. The Kier molecular flexibility index (Phi) is 7.39. The van der Waals surface area contributed by atoms with Crippen molar-refractivity contribution in [1.82, 2.24) is 9.97 Å². The van der Waals surface area contributed by atoms with Gasteiger partial charge >= 0.3 is 5.97 Å². The predicted molar refractivity (Wildman–Crippen MR) is 107 cm³/mol. The Balaban J connectivity index is 2.18. The fourth-order valence-corrected chi connectivity index (χ4v) is 2.63. The molecule has 0 bridgehead atoms. The number of aromatic amines is 1. The van der Waals surface area contributed by atoms with Gasteiger partial charge in [0.25, 0.3) is 5.56 Å². The molecule has 0 radical (unpaired) electrons. The fourth-order valence-electron chi connectivity index (χ4n) is 2.46. The molecule has 0 aliphatic rings. The molecule has 0 saturated carbocycles. The second-order valence-electron chi connectivity index (χ2n) is 5.73. The summed E-state index contributed by atoms with van der Waals surface area (Å²) >= 11 is 5.98. The number of esters is 1. The molecule has 1 aromatic heterocycles. The molecule has 28 heavy (non-hydrogen) atoms. The quantitative estimate of drug-likeness (QED) is 0.364. The number of guanidine groups is 1. The molecule has 1 aromatic carbocycles. The van der Waals surface area contributed by atoms with E-state index in [9.17, 15) is 9.59 Å². The number of benzene rings is 1. The van der Waals surface area contributed by atoms with Crippen LogP contribution in [0.4, 0.5) is 11.6 Å². The van der Waals surface area contributed by atoms with Gasteiger partial charge in [-0.2, -0.15) is 4.99 Å². The molecule has 0 unspecified atom stereocenters. The number of nitrogens with two attached hydrogens (primary N) is 1. The molecule has 0 aliphatic carbocycles. The number of nitrogens with one attached hydrogen (secondary N) is 2. The number of H-pyrrole nitrogens is 1. The first-order chi connectivity index (χ1) is 13.3. The lowest BCUT2D eigenvalue weighted by molar-refractivity contribution is -0.143. The third kappa shape index (κ3) is 5.71. The Bertz CT molecular complexity index is 942. The van der Waals surface area contributed by atoms with Crippen LogP contribution < -0.4 is 21.3 Å². The Hall–Kier alpha value is -3.07. The van der Waals surface area contributed by atoms with E-state index < -0.39 is 0 Å². The number of hydrogen-bond acceptors (Lipinski definition) is 6. The second kappa shape index (κ2) is 9.75. The normalized spacial score (nSPS) is 11.2. The zero-order valence-corrected chi connectivity index (χ0v) is 16.6. The molecule has 2 rings (SSSR count).